The lowest BCUT2D eigenvalue weighted by Crippen LogP contribution is -2.11. The Morgan fingerprint density at radius 2 is 2.45 bits per heavy atom. The molecule has 11 heavy (non-hydrogen) atoms. The van der Waals surface area contributed by atoms with Gasteiger partial charge in [0, 0.05) is 14.2 Å². The first kappa shape index (κ1) is 8.07. The minimum Gasteiger partial charge on any atom is -0.456 e. The lowest BCUT2D eigenvalue weighted by Gasteiger charge is -1.99. The molecule has 0 aliphatic carbocycles. The van der Waals surface area contributed by atoms with Gasteiger partial charge in [-0.05, 0) is 0 Å². The molecule has 0 fully saturated rings. The van der Waals surface area contributed by atoms with Crippen molar-refractivity contribution < 1.29 is 14.3 Å². The average molecular weight is 157 g/mol. The smallest absolute Gasteiger partial charge is 0.338 e. The van der Waals surface area contributed by atoms with Crippen LogP contribution >= 0.6 is 0 Å². The van der Waals surface area contributed by atoms with Gasteiger partial charge in [-0.1, -0.05) is 0 Å². The first-order chi connectivity index (χ1) is 5.29. The highest BCUT2D eigenvalue weighted by molar-refractivity contribution is 5.91. The van der Waals surface area contributed by atoms with Crippen LogP contribution in [0.25, 0.3) is 0 Å². The van der Waals surface area contributed by atoms with Crippen molar-refractivity contribution in [2.24, 2.45) is 0 Å². The van der Waals surface area contributed by atoms with Crippen molar-refractivity contribution in [3.05, 3.63) is 11.3 Å². The molecule has 1 rings (SSSR count). The molecule has 1 aliphatic rings. The van der Waals surface area contributed by atoms with Gasteiger partial charge < -0.3 is 14.8 Å². The second kappa shape index (κ2) is 3.39. The van der Waals surface area contributed by atoms with E-state index in [9.17, 15) is 4.79 Å². The Balaban J connectivity index is 2.72. The summed E-state index contributed by atoms with van der Waals surface area (Å²) in [4.78, 5) is 10.9. The molecule has 62 valence electrons. The van der Waals surface area contributed by atoms with E-state index in [0.29, 0.717) is 18.8 Å². The molecule has 0 bridgehead atoms. The van der Waals surface area contributed by atoms with Crippen LogP contribution in [0.5, 0.6) is 0 Å². The third kappa shape index (κ3) is 1.51. The summed E-state index contributed by atoms with van der Waals surface area (Å²) < 4.78 is 9.60. The van der Waals surface area contributed by atoms with E-state index >= 15 is 0 Å². The number of nitrogens with one attached hydrogen (secondary N) is 1. The van der Waals surface area contributed by atoms with Gasteiger partial charge in [0.2, 0.25) is 0 Å². The third-order valence-corrected chi connectivity index (χ3v) is 1.55. The molecule has 0 atom stereocenters. The summed E-state index contributed by atoms with van der Waals surface area (Å²) in [5.41, 5.74) is 1.41. The van der Waals surface area contributed by atoms with Gasteiger partial charge in [0.15, 0.2) is 0 Å². The fraction of sp³-hybridized carbons (Fsp3) is 0.571. The zero-order valence-corrected chi connectivity index (χ0v) is 6.64. The monoisotopic (exact) mass is 157 g/mol. The number of rotatable bonds is 3. The first-order valence-electron chi connectivity index (χ1n) is 3.35. The van der Waals surface area contributed by atoms with E-state index in [4.69, 9.17) is 9.47 Å². The summed E-state index contributed by atoms with van der Waals surface area (Å²) in [5.74, 6) is -0.281. The standard InChI is InChI=1S/C7H11NO3/c1-8-6-4-11-7(9)5(6)3-10-2/h8H,3-4H2,1-2H3. The minimum absolute atomic E-state index is 0.281. The number of hydrogen-bond donors (Lipinski definition) is 1. The van der Waals surface area contributed by atoms with Crippen LogP contribution in [0.3, 0.4) is 0 Å². The Labute approximate surface area is 65.2 Å². The summed E-state index contributed by atoms with van der Waals surface area (Å²) in [6, 6.07) is 0. The quantitative estimate of drug-likeness (QED) is 0.569. The van der Waals surface area contributed by atoms with Crippen LogP contribution in [0, 0.1) is 0 Å². The van der Waals surface area contributed by atoms with Crippen molar-refractivity contribution in [1.82, 2.24) is 5.32 Å². The third-order valence-electron chi connectivity index (χ3n) is 1.55. The Hall–Kier alpha value is -1.03. The van der Waals surface area contributed by atoms with Gasteiger partial charge in [-0.3, -0.25) is 0 Å². The number of ether oxygens (including phenoxy) is 2. The van der Waals surface area contributed by atoms with Gasteiger partial charge in [-0.25, -0.2) is 4.79 Å². The summed E-state index contributed by atoms with van der Waals surface area (Å²) >= 11 is 0. The highest BCUT2D eigenvalue weighted by atomic mass is 16.5. The van der Waals surface area contributed by atoms with Crippen molar-refractivity contribution in [1.29, 1.82) is 0 Å². The van der Waals surface area contributed by atoms with Gasteiger partial charge in [0.1, 0.15) is 6.61 Å². The van der Waals surface area contributed by atoms with Crippen molar-refractivity contribution in [2.75, 3.05) is 27.4 Å². The van der Waals surface area contributed by atoms with Crippen molar-refractivity contribution in [2.45, 2.75) is 0 Å². The van der Waals surface area contributed by atoms with Crippen LogP contribution in [0.15, 0.2) is 11.3 Å². The average Bonchev–Trinajstić information content (AvgIpc) is 2.34. The molecule has 4 heteroatoms. The van der Waals surface area contributed by atoms with Crippen molar-refractivity contribution >= 4 is 5.97 Å². The number of likely N-dealkylation sites (N-methyl/N-ethyl adjacent to an activating group) is 1. The van der Waals surface area contributed by atoms with Crippen molar-refractivity contribution in [3.8, 4) is 0 Å². The van der Waals surface area contributed by atoms with E-state index < -0.39 is 0 Å². The second-order valence-corrected chi connectivity index (χ2v) is 2.22. The molecular weight excluding hydrogens is 146 g/mol. The molecule has 0 spiro atoms. The maximum atomic E-state index is 10.9. The molecule has 0 saturated heterocycles. The number of cyclic esters (lactones) is 1. The number of hydrogen-bond acceptors (Lipinski definition) is 4. The summed E-state index contributed by atoms with van der Waals surface area (Å²) in [6.07, 6.45) is 0. The molecule has 1 N–H and O–H groups in total. The first-order valence-corrected chi connectivity index (χ1v) is 3.35. The predicted octanol–water partition coefficient (Wildman–Crippen LogP) is -0.337. The van der Waals surface area contributed by atoms with Crippen LogP contribution in [0.2, 0.25) is 0 Å². The lowest BCUT2D eigenvalue weighted by molar-refractivity contribution is -0.136. The van der Waals surface area contributed by atoms with Gasteiger partial charge >= 0.3 is 5.97 Å². The summed E-state index contributed by atoms with van der Waals surface area (Å²) in [6.45, 7) is 0.656. The Bertz CT molecular complexity index is 198. The molecule has 0 aromatic carbocycles. The lowest BCUT2D eigenvalue weighted by atomic mass is 10.2. The molecule has 1 heterocycles. The van der Waals surface area contributed by atoms with E-state index in [2.05, 4.69) is 5.32 Å². The van der Waals surface area contributed by atoms with E-state index in [-0.39, 0.29) is 5.97 Å². The van der Waals surface area contributed by atoms with Gasteiger partial charge in [-0.15, -0.1) is 0 Å². The number of carbonyl (C=O) groups is 1. The maximum Gasteiger partial charge on any atom is 0.338 e. The maximum absolute atomic E-state index is 10.9. The Kier molecular flexibility index (Phi) is 2.48. The zero-order chi connectivity index (χ0) is 8.27. The number of carbonyl (C=O) groups excluding carboxylic acids is 1. The van der Waals surface area contributed by atoms with Crippen LogP contribution in [-0.2, 0) is 14.3 Å². The van der Waals surface area contributed by atoms with E-state index in [1.807, 2.05) is 0 Å². The SMILES string of the molecule is CNC1=C(COC)C(=O)OC1. The fourth-order valence-corrected chi connectivity index (χ4v) is 0.949. The highest BCUT2D eigenvalue weighted by Gasteiger charge is 2.23. The topological polar surface area (TPSA) is 47.6 Å². The molecule has 4 nitrogen and oxygen atoms in total. The number of esters is 1. The number of methoxy groups -OCH3 is 1. The van der Waals surface area contributed by atoms with Gasteiger partial charge in [0.05, 0.1) is 17.9 Å². The van der Waals surface area contributed by atoms with Crippen molar-refractivity contribution in [3.63, 3.8) is 0 Å². The molecular formula is C7H11NO3. The van der Waals surface area contributed by atoms with Gasteiger partial charge in [0.25, 0.3) is 0 Å². The molecule has 0 aromatic rings. The minimum atomic E-state index is -0.281. The van der Waals surface area contributed by atoms with Crippen LogP contribution in [-0.4, -0.2) is 33.3 Å². The Morgan fingerprint density at radius 3 is 3.00 bits per heavy atom. The molecule has 0 aromatic heterocycles. The normalized spacial score (nSPS) is 17.1. The summed E-state index contributed by atoms with van der Waals surface area (Å²) in [7, 11) is 3.30. The molecule has 1 aliphatic heterocycles. The van der Waals surface area contributed by atoms with Crippen LogP contribution in [0.1, 0.15) is 0 Å². The second-order valence-electron chi connectivity index (χ2n) is 2.22. The summed E-state index contributed by atoms with van der Waals surface area (Å²) in [5, 5.41) is 2.88. The zero-order valence-electron chi connectivity index (χ0n) is 6.64. The molecule has 0 radical (unpaired) electrons. The van der Waals surface area contributed by atoms with E-state index in [1.54, 1.807) is 14.2 Å². The van der Waals surface area contributed by atoms with E-state index in [0.717, 1.165) is 5.70 Å². The van der Waals surface area contributed by atoms with Crippen LogP contribution < -0.4 is 5.32 Å². The fourth-order valence-electron chi connectivity index (χ4n) is 0.949. The molecule has 0 unspecified atom stereocenters. The largest absolute Gasteiger partial charge is 0.456 e. The Morgan fingerprint density at radius 1 is 1.73 bits per heavy atom. The highest BCUT2D eigenvalue weighted by Crippen LogP contribution is 2.12. The molecule has 0 amide bonds. The van der Waals surface area contributed by atoms with Crippen LogP contribution in [0.4, 0.5) is 0 Å². The van der Waals surface area contributed by atoms with Gasteiger partial charge in [-0.2, -0.15) is 0 Å². The van der Waals surface area contributed by atoms with E-state index in [1.165, 1.54) is 0 Å². The molecule has 0 saturated carbocycles. The predicted molar refractivity (Wildman–Crippen MR) is 38.9 cm³/mol.